The summed E-state index contributed by atoms with van der Waals surface area (Å²) in [6, 6.07) is 0. The number of nitrogens with zero attached hydrogens (tertiary/aromatic N) is 2. The van der Waals surface area contributed by atoms with Crippen LogP contribution in [-0.4, -0.2) is 21.8 Å². The van der Waals surface area contributed by atoms with Crippen molar-refractivity contribution in [2.45, 2.75) is 43.4 Å². The molecule has 0 bridgehead atoms. The molecular weight excluding hydrogens is 218 g/mol. The summed E-state index contributed by atoms with van der Waals surface area (Å²) in [7, 11) is 0. The van der Waals surface area contributed by atoms with Crippen LogP contribution in [0, 0.1) is 0 Å². The number of fused-ring (bicyclic) bond motifs is 1. The van der Waals surface area contributed by atoms with Crippen molar-refractivity contribution >= 4 is 11.8 Å². The van der Waals surface area contributed by atoms with E-state index < -0.39 is 0 Å². The van der Waals surface area contributed by atoms with E-state index in [1.54, 1.807) is 0 Å². The fourth-order valence-electron chi connectivity index (χ4n) is 3.10. The summed E-state index contributed by atoms with van der Waals surface area (Å²) in [5, 5.41) is 0. The number of thioether (sulfide) groups is 1. The van der Waals surface area contributed by atoms with Crippen molar-refractivity contribution in [3.63, 3.8) is 0 Å². The molecule has 2 aliphatic rings. The van der Waals surface area contributed by atoms with Crippen LogP contribution in [0.3, 0.4) is 0 Å². The minimum absolute atomic E-state index is 0.195. The Labute approximate surface area is 101 Å². The van der Waals surface area contributed by atoms with Crippen molar-refractivity contribution < 1.29 is 0 Å². The minimum Gasteiger partial charge on any atom is -0.330 e. The number of imidazole rings is 1. The summed E-state index contributed by atoms with van der Waals surface area (Å²) in [6.45, 7) is 1.88. The highest BCUT2D eigenvalue weighted by atomic mass is 32.2. The smallest absolute Gasteiger partial charge is 0.116 e. The normalized spacial score (nSPS) is 23.3. The second-order valence-electron chi connectivity index (χ2n) is 4.97. The van der Waals surface area contributed by atoms with Gasteiger partial charge in [-0.1, -0.05) is 12.8 Å². The lowest BCUT2D eigenvalue weighted by Crippen LogP contribution is -2.36. The summed E-state index contributed by atoms with van der Waals surface area (Å²) in [5.74, 6) is 3.62. The molecule has 3 rings (SSSR count). The SMILES string of the molecule is NCC1(c2ncc3n2CCSC3)CCCC1. The predicted molar refractivity (Wildman–Crippen MR) is 67.6 cm³/mol. The Morgan fingerprint density at radius 1 is 1.44 bits per heavy atom. The van der Waals surface area contributed by atoms with Gasteiger partial charge in [-0.15, -0.1) is 0 Å². The van der Waals surface area contributed by atoms with Gasteiger partial charge in [-0.2, -0.15) is 11.8 Å². The molecule has 16 heavy (non-hydrogen) atoms. The van der Waals surface area contributed by atoms with Gasteiger partial charge in [0.1, 0.15) is 5.82 Å². The third-order valence-electron chi connectivity index (χ3n) is 4.07. The minimum atomic E-state index is 0.195. The Kier molecular flexibility index (Phi) is 2.72. The molecular formula is C12H19N3S. The molecule has 1 fully saturated rings. The molecule has 0 atom stereocenters. The Morgan fingerprint density at radius 3 is 3.00 bits per heavy atom. The monoisotopic (exact) mass is 237 g/mol. The average Bonchev–Trinajstić information content (AvgIpc) is 2.96. The van der Waals surface area contributed by atoms with E-state index in [1.165, 1.54) is 43.0 Å². The number of hydrogen-bond donors (Lipinski definition) is 1. The predicted octanol–water partition coefficient (Wildman–Crippen LogP) is 1.90. The van der Waals surface area contributed by atoms with Crippen molar-refractivity contribution in [2.24, 2.45) is 5.73 Å². The van der Waals surface area contributed by atoms with Crippen LogP contribution in [0.4, 0.5) is 0 Å². The molecule has 4 heteroatoms. The first kappa shape index (κ1) is 10.7. The van der Waals surface area contributed by atoms with E-state index >= 15 is 0 Å². The molecule has 1 aliphatic carbocycles. The maximum Gasteiger partial charge on any atom is 0.116 e. The van der Waals surface area contributed by atoms with E-state index in [4.69, 9.17) is 10.7 Å². The molecule has 1 saturated carbocycles. The van der Waals surface area contributed by atoms with E-state index in [0.717, 1.165) is 18.8 Å². The average molecular weight is 237 g/mol. The topological polar surface area (TPSA) is 43.8 Å². The Bertz CT molecular complexity index is 380. The summed E-state index contributed by atoms with van der Waals surface area (Å²) >= 11 is 2.01. The first-order valence-electron chi connectivity index (χ1n) is 6.18. The number of nitrogens with two attached hydrogens (primary N) is 1. The highest BCUT2D eigenvalue weighted by molar-refractivity contribution is 7.98. The van der Waals surface area contributed by atoms with Gasteiger partial charge >= 0.3 is 0 Å². The summed E-state index contributed by atoms with van der Waals surface area (Å²) in [4.78, 5) is 4.69. The van der Waals surface area contributed by atoms with Gasteiger partial charge in [0.05, 0.1) is 0 Å². The summed E-state index contributed by atoms with van der Waals surface area (Å²) in [5.41, 5.74) is 7.62. The molecule has 0 amide bonds. The fraction of sp³-hybridized carbons (Fsp3) is 0.750. The zero-order valence-electron chi connectivity index (χ0n) is 9.61. The molecule has 1 aliphatic heterocycles. The van der Waals surface area contributed by atoms with Crippen molar-refractivity contribution in [3.05, 3.63) is 17.7 Å². The summed E-state index contributed by atoms with van der Waals surface area (Å²) in [6.07, 6.45) is 7.15. The van der Waals surface area contributed by atoms with Crippen LogP contribution in [0.2, 0.25) is 0 Å². The van der Waals surface area contributed by atoms with Crippen molar-refractivity contribution in [3.8, 4) is 0 Å². The van der Waals surface area contributed by atoms with E-state index in [-0.39, 0.29) is 5.41 Å². The third-order valence-corrected chi connectivity index (χ3v) is 5.04. The van der Waals surface area contributed by atoms with Gasteiger partial charge in [-0.3, -0.25) is 0 Å². The highest BCUT2D eigenvalue weighted by Gasteiger charge is 2.38. The molecule has 88 valence electrons. The van der Waals surface area contributed by atoms with Gasteiger partial charge in [0.15, 0.2) is 0 Å². The van der Waals surface area contributed by atoms with Gasteiger partial charge in [0, 0.05) is 41.9 Å². The van der Waals surface area contributed by atoms with Crippen molar-refractivity contribution in [1.29, 1.82) is 0 Å². The standard InChI is InChI=1S/C12H19N3S/c13-9-12(3-1-2-4-12)11-14-7-10-8-16-6-5-15(10)11/h7H,1-6,8-9,13H2. The molecule has 0 saturated heterocycles. The molecule has 0 aromatic carbocycles. The van der Waals surface area contributed by atoms with Gasteiger partial charge in [-0.05, 0) is 12.8 Å². The first-order valence-corrected chi connectivity index (χ1v) is 7.34. The Morgan fingerprint density at radius 2 is 2.25 bits per heavy atom. The maximum absolute atomic E-state index is 6.03. The van der Waals surface area contributed by atoms with Gasteiger partial charge < -0.3 is 10.3 Å². The molecule has 1 aromatic rings. The number of rotatable bonds is 2. The lowest BCUT2D eigenvalue weighted by atomic mass is 9.85. The van der Waals surface area contributed by atoms with Gasteiger partial charge in [0.25, 0.3) is 0 Å². The van der Waals surface area contributed by atoms with E-state index in [2.05, 4.69) is 10.8 Å². The largest absolute Gasteiger partial charge is 0.330 e. The van der Waals surface area contributed by atoms with Crippen LogP contribution in [0.1, 0.15) is 37.2 Å². The maximum atomic E-state index is 6.03. The van der Waals surface area contributed by atoms with Crippen LogP contribution in [0.5, 0.6) is 0 Å². The second kappa shape index (κ2) is 4.08. The Balaban J connectivity index is 2.01. The highest BCUT2D eigenvalue weighted by Crippen LogP contribution is 2.40. The van der Waals surface area contributed by atoms with Crippen LogP contribution < -0.4 is 5.73 Å². The quantitative estimate of drug-likeness (QED) is 0.854. The molecule has 1 aromatic heterocycles. The molecule has 2 N–H and O–H groups in total. The molecule has 0 unspecified atom stereocenters. The van der Waals surface area contributed by atoms with Gasteiger partial charge in [-0.25, -0.2) is 4.98 Å². The molecule has 0 radical (unpaired) electrons. The first-order chi connectivity index (χ1) is 7.86. The second-order valence-corrected chi connectivity index (χ2v) is 6.07. The fourth-order valence-corrected chi connectivity index (χ4v) is 4.00. The lowest BCUT2D eigenvalue weighted by Gasteiger charge is -2.29. The van der Waals surface area contributed by atoms with Crippen LogP contribution in [0.15, 0.2) is 6.20 Å². The molecule has 0 spiro atoms. The zero-order chi connectivity index (χ0) is 11.0. The Hall–Kier alpha value is -0.480. The molecule has 3 nitrogen and oxygen atoms in total. The van der Waals surface area contributed by atoms with Crippen LogP contribution in [-0.2, 0) is 17.7 Å². The molecule has 2 heterocycles. The number of hydrogen-bond acceptors (Lipinski definition) is 3. The summed E-state index contributed by atoms with van der Waals surface area (Å²) < 4.78 is 2.44. The lowest BCUT2D eigenvalue weighted by molar-refractivity contribution is 0.403. The number of aromatic nitrogens is 2. The van der Waals surface area contributed by atoms with E-state index in [9.17, 15) is 0 Å². The van der Waals surface area contributed by atoms with Crippen LogP contribution >= 0.6 is 11.8 Å². The zero-order valence-corrected chi connectivity index (χ0v) is 10.4. The van der Waals surface area contributed by atoms with Gasteiger partial charge in [0.2, 0.25) is 0 Å². The van der Waals surface area contributed by atoms with Crippen molar-refractivity contribution in [1.82, 2.24) is 9.55 Å². The van der Waals surface area contributed by atoms with E-state index in [1.807, 2.05) is 11.8 Å². The third kappa shape index (κ3) is 1.51. The van der Waals surface area contributed by atoms with Crippen molar-refractivity contribution in [2.75, 3.05) is 12.3 Å². The van der Waals surface area contributed by atoms with E-state index in [0.29, 0.717) is 0 Å². The van der Waals surface area contributed by atoms with Crippen LogP contribution in [0.25, 0.3) is 0 Å².